The van der Waals surface area contributed by atoms with E-state index in [-0.39, 0.29) is 11.8 Å². The van der Waals surface area contributed by atoms with Crippen LogP contribution < -0.4 is 10.1 Å². The Balaban J connectivity index is 1.33. The summed E-state index contributed by atoms with van der Waals surface area (Å²) in [5.74, 6) is 0.322. The van der Waals surface area contributed by atoms with Gasteiger partial charge in [0.05, 0.1) is 36.9 Å². The molecule has 10 heteroatoms. The molecule has 2 amide bonds. The number of rotatable bonds is 5. The maximum Gasteiger partial charge on any atom is 0.272 e. The number of benzene rings is 1. The van der Waals surface area contributed by atoms with Crippen LogP contribution in [0, 0.1) is 0 Å². The minimum atomic E-state index is -0.276. The lowest BCUT2D eigenvalue weighted by atomic mass is 10.1. The summed E-state index contributed by atoms with van der Waals surface area (Å²) in [4.78, 5) is 32.8. The number of anilines is 1. The van der Waals surface area contributed by atoms with Gasteiger partial charge in [0.25, 0.3) is 11.8 Å². The first-order chi connectivity index (χ1) is 16.0. The van der Waals surface area contributed by atoms with Crippen LogP contribution in [-0.4, -0.2) is 45.1 Å². The number of nitrogens with zero attached hydrogens (tertiary/aromatic N) is 4. The van der Waals surface area contributed by atoms with Gasteiger partial charge in [-0.05, 0) is 24.3 Å². The van der Waals surface area contributed by atoms with Gasteiger partial charge in [-0.15, -0.1) is 0 Å². The van der Waals surface area contributed by atoms with E-state index in [0.29, 0.717) is 47.3 Å². The summed E-state index contributed by atoms with van der Waals surface area (Å²) in [5.41, 5.74) is 3.35. The van der Waals surface area contributed by atoms with Gasteiger partial charge in [0.15, 0.2) is 5.13 Å². The van der Waals surface area contributed by atoms with Gasteiger partial charge in [-0.25, -0.2) is 4.98 Å². The van der Waals surface area contributed by atoms with Crippen molar-refractivity contribution in [2.45, 2.75) is 13.0 Å². The van der Waals surface area contributed by atoms with E-state index < -0.39 is 0 Å². The second-order valence-electron chi connectivity index (χ2n) is 7.57. The van der Waals surface area contributed by atoms with Crippen LogP contribution in [0.25, 0.3) is 11.3 Å². The van der Waals surface area contributed by atoms with Crippen molar-refractivity contribution in [1.82, 2.24) is 19.7 Å². The number of para-hydroxylation sites is 1. The molecule has 0 aliphatic carbocycles. The predicted molar refractivity (Wildman–Crippen MR) is 122 cm³/mol. The van der Waals surface area contributed by atoms with Crippen molar-refractivity contribution in [1.29, 1.82) is 0 Å². The zero-order valence-electron chi connectivity index (χ0n) is 18.1. The highest BCUT2D eigenvalue weighted by molar-refractivity contribution is 7.15. The highest BCUT2D eigenvalue weighted by atomic mass is 32.1. The number of aromatic nitrogens is 3. The zero-order chi connectivity index (χ0) is 22.9. The molecule has 1 aliphatic heterocycles. The monoisotopic (exact) mass is 463 g/mol. The number of methoxy groups -OCH3 is 1. The number of carbonyl (C=O) groups is 2. The quantitative estimate of drug-likeness (QED) is 0.485. The zero-order valence-corrected chi connectivity index (χ0v) is 18.9. The van der Waals surface area contributed by atoms with E-state index in [9.17, 15) is 9.59 Å². The lowest BCUT2D eigenvalue weighted by Crippen LogP contribution is -2.36. The van der Waals surface area contributed by atoms with Crippen LogP contribution in [0.4, 0.5) is 5.13 Å². The van der Waals surface area contributed by atoms with E-state index >= 15 is 0 Å². The molecule has 0 unspecified atom stereocenters. The third kappa shape index (κ3) is 4.00. The molecule has 168 valence electrons. The molecule has 0 spiro atoms. The third-order valence-corrected chi connectivity index (χ3v) is 6.50. The van der Waals surface area contributed by atoms with Crippen LogP contribution in [0.5, 0.6) is 5.75 Å². The number of carbonyl (C=O) groups excluding carboxylic acids is 2. The van der Waals surface area contributed by atoms with Crippen LogP contribution in [0.1, 0.15) is 31.4 Å². The summed E-state index contributed by atoms with van der Waals surface area (Å²) >= 11 is 1.38. The van der Waals surface area contributed by atoms with Gasteiger partial charge in [-0.2, -0.15) is 5.10 Å². The topological polar surface area (TPSA) is 102 Å². The largest absolute Gasteiger partial charge is 0.496 e. The number of ether oxygens (including phenoxy) is 1. The molecule has 5 rings (SSSR count). The molecule has 0 atom stereocenters. The van der Waals surface area contributed by atoms with E-state index in [1.165, 1.54) is 23.9 Å². The number of hydrogen-bond donors (Lipinski definition) is 1. The van der Waals surface area contributed by atoms with E-state index in [4.69, 9.17) is 9.15 Å². The molecule has 9 nitrogen and oxygen atoms in total. The number of furan rings is 1. The summed E-state index contributed by atoms with van der Waals surface area (Å²) in [5, 5.41) is 7.85. The number of fused-ring (bicyclic) bond motifs is 1. The fraction of sp³-hybridized carbons (Fsp3) is 0.217. The first kappa shape index (κ1) is 21.0. The van der Waals surface area contributed by atoms with Crippen LogP contribution >= 0.6 is 11.3 Å². The Hall–Kier alpha value is -3.92. The standard InChI is InChI=1S/C23H21N5O4S/c1-27-18(11-17(26-27)15-5-3-4-6-19(15)31-2)22(30)28-9-7-16-20(12-28)33-23(24-16)25-21(29)14-8-10-32-13-14/h3-6,8,10-11,13H,7,9,12H2,1-2H3,(H,24,25,29). The van der Waals surface area contributed by atoms with Gasteiger partial charge < -0.3 is 14.1 Å². The molecule has 33 heavy (non-hydrogen) atoms. The van der Waals surface area contributed by atoms with Crippen LogP contribution in [0.3, 0.4) is 0 Å². The van der Waals surface area contributed by atoms with Crippen molar-refractivity contribution in [2.75, 3.05) is 19.0 Å². The van der Waals surface area contributed by atoms with Crippen molar-refractivity contribution in [2.24, 2.45) is 7.05 Å². The Bertz CT molecular complexity index is 1320. The molecule has 0 fully saturated rings. The molecule has 0 radical (unpaired) electrons. The predicted octanol–water partition coefficient (Wildman–Crippen LogP) is 3.60. The molecule has 0 saturated heterocycles. The second-order valence-corrected chi connectivity index (χ2v) is 8.65. The van der Waals surface area contributed by atoms with Crippen LogP contribution in [0.2, 0.25) is 0 Å². The van der Waals surface area contributed by atoms with E-state index in [1.807, 2.05) is 24.3 Å². The molecule has 4 heterocycles. The second kappa shape index (κ2) is 8.55. The van der Waals surface area contributed by atoms with Crippen molar-refractivity contribution in [3.8, 4) is 17.0 Å². The summed E-state index contributed by atoms with van der Waals surface area (Å²) in [6.45, 7) is 0.975. The van der Waals surface area contributed by atoms with E-state index in [2.05, 4.69) is 15.4 Å². The number of thiazole rings is 1. The molecular weight excluding hydrogens is 442 g/mol. The molecule has 3 aromatic heterocycles. The Morgan fingerprint density at radius 3 is 2.88 bits per heavy atom. The van der Waals surface area contributed by atoms with E-state index in [0.717, 1.165) is 16.1 Å². The van der Waals surface area contributed by atoms with Gasteiger partial charge >= 0.3 is 0 Å². The van der Waals surface area contributed by atoms with Crippen molar-refractivity contribution < 1.29 is 18.7 Å². The SMILES string of the molecule is COc1ccccc1-c1cc(C(=O)N2CCc3nc(NC(=O)c4ccoc4)sc3C2)n(C)n1. The Labute approximate surface area is 193 Å². The molecule has 1 aliphatic rings. The maximum atomic E-state index is 13.3. The summed E-state index contributed by atoms with van der Waals surface area (Å²) < 4.78 is 12.0. The average molecular weight is 464 g/mol. The van der Waals surface area contributed by atoms with Crippen molar-refractivity contribution >= 4 is 28.3 Å². The Morgan fingerprint density at radius 1 is 1.24 bits per heavy atom. The maximum absolute atomic E-state index is 13.3. The minimum absolute atomic E-state index is 0.103. The number of nitrogens with one attached hydrogen (secondary N) is 1. The highest BCUT2D eigenvalue weighted by Gasteiger charge is 2.28. The van der Waals surface area contributed by atoms with Crippen molar-refractivity contribution in [3.63, 3.8) is 0 Å². The van der Waals surface area contributed by atoms with Gasteiger partial charge in [0.2, 0.25) is 0 Å². The van der Waals surface area contributed by atoms with Gasteiger partial charge in [-0.1, -0.05) is 23.5 Å². The first-order valence-corrected chi connectivity index (χ1v) is 11.1. The fourth-order valence-electron chi connectivity index (χ4n) is 3.80. The number of aryl methyl sites for hydroxylation is 1. The number of hydrogen-bond acceptors (Lipinski definition) is 7. The normalized spacial score (nSPS) is 13.0. The van der Waals surface area contributed by atoms with Gasteiger partial charge in [0, 0.05) is 30.5 Å². The van der Waals surface area contributed by atoms with Gasteiger partial charge in [0.1, 0.15) is 17.7 Å². The molecule has 1 aromatic carbocycles. The third-order valence-electron chi connectivity index (χ3n) is 5.50. The minimum Gasteiger partial charge on any atom is -0.496 e. The molecule has 1 N–H and O–H groups in total. The average Bonchev–Trinajstić information content (AvgIpc) is 3.57. The lowest BCUT2D eigenvalue weighted by molar-refractivity contribution is 0.0725. The fourth-order valence-corrected chi connectivity index (χ4v) is 4.82. The Kier molecular flexibility index (Phi) is 5.43. The molecular formula is C23H21N5O4S. The molecule has 0 saturated carbocycles. The summed E-state index contributed by atoms with van der Waals surface area (Å²) in [6.07, 6.45) is 3.45. The Morgan fingerprint density at radius 2 is 2.09 bits per heavy atom. The molecule has 0 bridgehead atoms. The van der Waals surface area contributed by atoms with Crippen LogP contribution in [0.15, 0.2) is 53.3 Å². The first-order valence-electron chi connectivity index (χ1n) is 10.3. The van der Waals surface area contributed by atoms with Gasteiger partial charge in [-0.3, -0.25) is 19.6 Å². The molecule has 4 aromatic rings. The smallest absolute Gasteiger partial charge is 0.272 e. The van der Waals surface area contributed by atoms with Crippen molar-refractivity contribution in [3.05, 3.63) is 70.8 Å². The summed E-state index contributed by atoms with van der Waals surface area (Å²) in [7, 11) is 3.37. The van der Waals surface area contributed by atoms with E-state index in [1.54, 1.807) is 35.9 Å². The summed E-state index contributed by atoms with van der Waals surface area (Å²) in [6, 6.07) is 11.0. The highest BCUT2D eigenvalue weighted by Crippen LogP contribution is 2.31. The van der Waals surface area contributed by atoms with Crippen LogP contribution in [-0.2, 0) is 20.0 Å². The lowest BCUT2D eigenvalue weighted by Gasteiger charge is -2.25. The number of amides is 2.